The molecule has 112 valence electrons. The van der Waals surface area contributed by atoms with E-state index in [1.165, 1.54) is 11.1 Å². The zero-order valence-electron chi connectivity index (χ0n) is 12.2. The zero-order valence-corrected chi connectivity index (χ0v) is 15.4. The van der Waals surface area contributed by atoms with Crippen LogP contribution in [0.4, 0.5) is 0 Å². The summed E-state index contributed by atoms with van der Waals surface area (Å²) >= 11 is 7.13. The van der Waals surface area contributed by atoms with E-state index in [4.69, 9.17) is 4.74 Å². The molecule has 0 saturated carbocycles. The maximum atomic E-state index is 5.24. The van der Waals surface area contributed by atoms with Gasteiger partial charge in [0.05, 0.1) is 13.2 Å². The monoisotopic (exact) mass is 411 g/mol. The molecule has 0 aromatic heterocycles. The average Bonchev–Trinajstić information content (AvgIpc) is 2.47. The van der Waals surface area contributed by atoms with Crippen LogP contribution in [0.2, 0.25) is 0 Å². The van der Waals surface area contributed by atoms with Crippen molar-refractivity contribution in [2.75, 3.05) is 13.7 Å². The summed E-state index contributed by atoms with van der Waals surface area (Å²) in [5, 5.41) is 3.61. The lowest BCUT2D eigenvalue weighted by molar-refractivity contribution is 0.414. The van der Waals surface area contributed by atoms with Crippen LogP contribution < -0.4 is 10.1 Å². The van der Waals surface area contributed by atoms with Crippen LogP contribution >= 0.6 is 31.9 Å². The molecule has 2 aromatic carbocycles. The summed E-state index contributed by atoms with van der Waals surface area (Å²) < 4.78 is 7.38. The van der Waals surface area contributed by atoms with E-state index in [-0.39, 0.29) is 6.04 Å². The molecule has 0 aliphatic heterocycles. The van der Waals surface area contributed by atoms with Crippen LogP contribution in [0.25, 0.3) is 0 Å². The summed E-state index contributed by atoms with van der Waals surface area (Å²) in [6, 6.07) is 14.8. The summed E-state index contributed by atoms with van der Waals surface area (Å²) in [6.07, 6.45) is 1.10. The first-order valence-electron chi connectivity index (χ1n) is 6.97. The van der Waals surface area contributed by atoms with Crippen molar-refractivity contribution in [3.8, 4) is 5.75 Å². The van der Waals surface area contributed by atoms with Crippen LogP contribution in [0.15, 0.2) is 51.4 Å². The van der Waals surface area contributed by atoms with Gasteiger partial charge in [-0.25, -0.2) is 0 Å². The molecule has 21 heavy (non-hydrogen) atoms. The third-order valence-corrected chi connectivity index (χ3v) is 4.18. The van der Waals surface area contributed by atoms with E-state index in [1.54, 1.807) is 7.11 Å². The van der Waals surface area contributed by atoms with E-state index < -0.39 is 0 Å². The molecule has 0 heterocycles. The predicted molar refractivity (Wildman–Crippen MR) is 95.0 cm³/mol. The number of ether oxygens (including phenoxy) is 1. The SMILES string of the molecule is CCCNC(c1ccc(OC)cc1)c1cc(Br)cc(Br)c1. The van der Waals surface area contributed by atoms with Gasteiger partial charge < -0.3 is 10.1 Å². The van der Waals surface area contributed by atoms with Gasteiger partial charge in [-0.15, -0.1) is 0 Å². The van der Waals surface area contributed by atoms with Crippen molar-refractivity contribution in [3.05, 3.63) is 62.5 Å². The fourth-order valence-corrected chi connectivity index (χ4v) is 3.58. The van der Waals surface area contributed by atoms with E-state index >= 15 is 0 Å². The van der Waals surface area contributed by atoms with Gasteiger partial charge in [-0.2, -0.15) is 0 Å². The molecule has 2 rings (SSSR count). The minimum absolute atomic E-state index is 0.171. The van der Waals surface area contributed by atoms with Crippen molar-refractivity contribution in [2.45, 2.75) is 19.4 Å². The Labute approximate surface area is 143 Å². The van der Waals surface area contributed by atoms with E-state index in [1.807, 2.05) is 12.1 Å². The molecule has 0 aliphatic carbocycles. The van der Waals surface area contributed by atoms with Gasteiger partial charge in [-0.1, -0.05) is 50.9 Å². The second-order valence-corrected chi connectivity index (χ2v) is 6.69. The third kappa shape index (κ3) is 4.56. The average molecular weight is 413 g/mol. The lowest BCUT2D eigenvalue weighted by Gasteiger charge is -2.20. The zero-order chi connectivity index (χ0) is 15.2. The van der Waals surface area contributed by atoms with E-state index in [2.05, 4.69) is 74.4 Å². The molecular weight excluding hydrogens is 394 g/mol. The van der Waals surface area contributed by atoms with Crippen molar-refractivity contribution in [1.82, 2.24) is 5.32 Å². The smallest absolute Gasteiger partial charge is 0.118 e. The number of hydrogen-bond donors (Lipinski definition) is 1. The molecule has 4 heteroatoms. The van der Waals surface area contributed by atoms with Gasteiger partial charge in [0.2, 0.25) is 0 Å². The molecule has 0 saturated heterocycles. The Balaban J connectivity index is 2.36. The summed E-state index contributed by atoms with van der Waals surface area (Å²) in [5.74, 6) is 0.878. The highest BCUT2D eigenvalue weighted by molar-refractivity contribution is 9.11. The number of methoxy groups -OCH3 is 1. The second kappa shape index (κ2) is 7.97. The van der Waals surface area contributed by atoms with Crippen LogP contribution in [-0.4, -0.2) is 13.7 Å². The van der Waals surface area contributed by atoms with Gasteiger partial charge in [-0.3, -0.25) is 0 Å². The van der Waals surface area contributed by atoms with Crippen molar-refractivity contribution in [3.63, 3.8) is 0 Å². The summed E-state index contributed by atoms with van der Waals surface area (Å²) in [7, 11) is 1.69. The number of benzene rings is 2. The highest BCUT2D eigenvalue weighted by Crippen LogP contribution is 2.29. The Morgan fingerprint density at radius 1 is 1.00 bits per heavy atom. The van der Waals surface area contributed by atoms with Crippen molar-refractivity contribution in [2.24, 2.45) is 0 Å². The molecule has 2 aromatic rings. The summed E-state index contributed by atoms with van der Waals surface area (Å²) in [4.78, 5) is 0. The Morgan fingerprint density at radius 2 is 1.62 bits per heavy atom. The minimum Gasteiger partial charge on any atom is -0.497 e. The molecular formula is C17H19Br2NO. The van der Waals surface area contributed by atoms with Gasteiger partial charge in [0.1, 0.15) is 5.75 Å². The van der Waals surface area contributed by atoms with Crippen LogP contribution in [0.1, 0.15) is 30.5 Å². The largest absolute Gasteiger partial charge is 0.497 e. The summed E-state index contributed by atoms with van der Waals surface area (Å²) in [5.41, 5.74) is 2.46. The maximum Gasteiger partial charge on any atom is 0.118 e. The summed E-state index contributed by atoms with van der Waals surface area (Å²) in [6.45, 7) is 3.15. The maximum absolute atomic E-state index is 5.24. The third-order valence-electron chi connectivity index (χ3n) is 3.27. The predicted octanol–water partition coefficient (Wildman–Crippen LogP) is 5.31. The molecule has 0 amide bonds. The van der Waals surface area contributed by atoms with Crippen molar-refractivity contribution >= 4 is 31.9 Å². The van der Waals surface area contributed by atoms with E-state index in [0.29, 0.717) is 0 Å². The Hall–Kier alpha value is -0.840. The number of hydrogen-bond acceptors (Lipinski definition) is 2. The molecule has 2 nitrogen and oxygen atoms in total. The number of nitrogens with one attached hydrogen (secondary N) is 1. The Kier molecular flexibility index (Phi) is 6.27. The van der Waals surface area contributed by atoms with E-state index in [9.17, 15) is 0 Å². The van der Waals surface area contributed by atoms with Gasteiger partial charge in [-0.05, 0) is 54.4 Å². The molecule has 0 spiro atoms. The van der Waals surface area contributed by atoms with Crippen LogP contribution in [0.3, 0.4) is 0 Å². The molecule has 1 atom stereocenters. The first-order chi connectivity index (χ1) is 10.1. The Bertz CT molecular complexity index is 564. The van der Waals surface area contributed by atoms with Crippen LogP contribution in [0, 0.1) is 0 Å². The lowest BCUT2D eigenvalue weighted by atomic mass is 9.98. The molecule has 1 N–H and O–H groups in total. The Morgan fingerprint density at radius 3 is 2.14 bits per heavy atom. The normalized spacial score (nSPS) is 12.2. The fourth-order valence-electron chi connectivity index (χ4n) is 2.26. The van der Waals surface area contributed by atoms with Gasteiger partial charge in [0.15, 0.2) is 0 Å². The second-order valence-electron chi connectivity index (χ2n) is 4.86. The molecule has 0 aliphatic rings. The standard InChI is InChI=1S/C17H19Br2NO/c1-3-8-20-17(12-4-6-16(21-2)7-5-12)13-9-14(18)11-15(19)10-13/h4-7,9-11,17,20H,3,8H2,1-2H3. The first-order valence-corrected chi connectivity index (χ1v) is 8.56. The van der Waals surface area contributed by atoms with E-state index in [0.717, 1.165) is 27.7 Å². The molecule has 0 fully saturated rings. The topological polar surface area (TPSA) is 21.3 Å². The van der Waals surface area contributed by atoms with Gasteiger partial charge in [0.25, 0.3) is 0 Å². The fraction of sp³-hybridized carbons (Fsp3) is 0.294. The highest BCUT2D eigenvalue weighted by atomic mass is 79.9. The molecule has 1 unspecified atom stereocenters. The van der Waals surface area contributed by atoms with Crippen LogP contribution in [-0.2, 0) is 0 Å². The van der Waals surface area contributed by atoms with Crippen molar-refractivity contribution in [1.29, 1.82) is 0 Å². The van der Waals surface area contributed by atoms with Crippen LogP contribution in [0.5, 0.6) is 5.75 Å². The lowest BCUT2D eigenvalue weighted by Crippen LogP contribution is -2.23. The van der Waals surface area contributed by atoms with Crippen molar-refractivity contribution < 1.29 is 4.74 Å². The number of rotatable bonds is 6. The van der Waals surface area contributed by atoms with Gasteiger partial charge in [0, 0.05) is 8.95 Å². The first kappa shape index (κ1) is 16.5. The minimum atomic E-state index is 0.171. The molecule has 0 radical (unpaired) electrons. The molecule has 0 bridgehead atoms. The quantitative estimate of drug-likeness (QED) is 0.694. The van der Waals surface area contributed by atoms with Gasteiger partial charge >= 0.3 is 0 Å². The highest BCUT2D eigenvalue weighted by Gasteiger charge is 2.14. The number of halogens is 2.